The summed E-state index contributed by atoms with van der Waals surface area (Å²) in [6.45, 7) is 6.10. The fourth-order valence-corrected chi connectivity index (χ4v) is 3.99. The molecule has 1 saturated heterocycles. The van der Waals surface area contributed by atoms with Crippen LogP contribution in [0, 0.1) is 6.92 Å². The summed E-state index contributed by atoms with van der Waals surface area (Å²) >= 11 is 4.87. The number of rotatable bonds is 6. The topological polar surface area (TPSA) is 59.9 Å². The van der Waals surface area contributed by atoms with Crippen LogP contribution in [0.1, 0.15) is 31.4 Å². The van der Waals surface area contributed by atoms with Gasteiger partial charge in [0.2, 0.25) is 0 Å². The van der Waals surface area contributed by atoms with Crippen LogP contribution in [0.5, 0.6) is 11.5 Å². The molecule has 2 aromatic rings. The first-order valence-electron chi connectivity index (χ1n) is 9.30. The number of amides is 1. The first-order valence-corrected chi connectivity index (χ1v) is 10.9. The van der Waals surface area contributed by atoms with Gasteiger partial charge in [-0.3, -0.25) is 4.79 Å². The molecule has 5 nitrogen and oxygen atoms in total. The van der Waals surface area contributed by atoms with Gasteiger partial charge < -0.3 is 14.8 Å². The largest absolute Gasteiger partial charge is 0.493 e. The van der Waals surface area contributed by atoms with Crippen LogP contribution in [0.4, 0.5) is 5.69 Å². The molecule has 152 valence electrons. The zero-order valence-corrected chi connectivity index (χ0v) is 19.2. The minimum absolute atomic E-state index is 0.0705. The molecule has 29 heavy (non-hydrogen) atoms. The van der Waals surface area contributed by atoms with Gasteiger partial charge in [0.1, 0.15) is 0 Å². The molecule has 0 spiro atoms. The second kappa shape index (κ2) is 9.50. The van der Waals surface area contributed by atoms with Crippen molar-refractivity contribution in [1.82, 2.24) is 5.32 Å². The van der Waals surface area contributed by atoms with E-state index in [0.717, 1.165) is 27.7 Å². The molecule has 0 radical (unpaired) electrons. The summed E-state index contributed by atoms with van der Waals surface area (Å²) in [6.07, 6.45) is 2.78. The summed E-state index contributed by atoms with van der Waals surface area (Å²) in [5, 5.41) is 3.38. The smallest absolute Gasteiger partial charge is 0.264 e. The molecule has 2 aromatic carbocycles. The number of aliphatic imine (C=N–C) groups is 1. The number of amidine groups is 1. The van der Waals surface area contributed by atoms with E-state index in [4.69, 9.17) is 9.47 Å². The molecular formula is C22H23BrN2O3S. The number of thioether (sulfide) groups is 1. The third kappa shape index (κ3) is 5.42. The number of methoxy groups -OCH3 is 1. The molecule has 0 aliphatic carbocycles. The average molecular weight is 475 g/mol. The fraction of sp³-hybridized carbons (Fsp3) is 0.273. The predicted molar refractivity (Wildman–Crippen MR) is 123 cm³/mol. The normalized spacial score (nSPS) is 17.5. The van der Waals surface area contributed by atoms with Crippen molar-refractivity contribution in [1.29, 1.82) is 0 Å². The molecule has 3 rings (SSSR count). The van der Waals surface area contributed by atoms with Crippen molar-refractivity contribution in [2.45, 2.75) is 33.3 Å². The van der Waals surface area contributed by atoms with E-state index in [1.807, 2.05) is 56.3 Å². The summed E-state index contributed by atoms with van der Waals surface area (Å²) in [6, 6.07) is 11.6. The van der Waals surface area contributed by atoms with Gasteiger partial charge in [-0.2, -0.15) is 0 Å². The lowest BCUT2D eigenvalue weighted by atomic mass is 10.1. The maximum atomic E-state index is 12.4. The van der Waals surface area contributed by atoms with Gasteiger partial charge in [-0.05, 0) is 83.9 Å². The van der Waals surface area contributed by atoms with Crippen LogP contribution in [0.15, 0.2) is 50.8 Å². The Hall–Kier alpha value is -2.25. The zero-order valence-electron chi connectivity index (χ0n) is 16.8. The molecule has 7 heteroatoms. The molecule has 1 unspecified atom stereocenters. The third-order valence-electron chi connectivity index (χ3n) is 4.36. The highest BCUT2D eigenvalue weighted by molar-refractivity contribution is 9.10. The Bertz CT molecular complexity index is 971. The maximum absolute atomic E-state index is 12.4. The van der Waals surface area contributed by atoms with E-state index >= 15 is 0 Å². The Balaban J connectivity index is 1.85. The van der Waals surface area contributed by atoms with Gasteiger partial charge in [0.15, 0.2) is 16.7 Å². The maximum Gasteiger partial charge on any atom is 0.264 e. The minimum atomic E-state index is -0.170. The van der Waals surface area contributed by atoms with Gasteiger partial charge in [-0.1, -0.05) is 24.6 Å². The Labute approximate surface area is 183 Å². The second-order valence-corrected chi connectivity index (χ2v) is 8.57. The SMILES string of the molecule is CCC(C)Oc1c(Br)cc(C=C2SC(=Nc3ccc(C)cc3)NC2=O)cc1OC. The van der Waals surface area contributed by atoms with Crippen LogP contribution >= 0.6 is 27.7 Å². The monoisotopic (exact) mass is 474 g/mol. The van der Waals surface area contributed by atoms with Gasteiger partial charge in [-0.15, -0.1) is 0 Å². The van der Waals surface area contributed by atoms with E-state index in [-0.39, 0.29) is 12.0 Å². The quantitative estimate of drug-likeness (QED) is 0.534. The predicted octanol–water partition coefficient (Wildman–Crippen LogP) is 5.84. The van der Waals surface area contributed by atoms with Crippen molar-refractivity contribution in [3.8, 4) is 11.5 Å². The molecule has 0 aromatic heterocycles. The van der Waals surface area contributed by atoms with Crippen LogP contribution in [0.2, 0.25) is 0 Å². The number of hydrogen-bond acceptors (Lipinski definition) is 5. The molecule has 1 aliphatic rings. The van der Waals surface area contributed by atoms with Crippen LogP contribution in [0.3, 0.4) is 0 Å². The molecule has 1 N–H and O–H groups in total. The van der Waals surface area contributed by atoms with Crippen molar-refractivity contribution in [3.63, 3.8) is 0 Å². The number of halogens is 1. The van der Waals surface area contributed by atoms with E-state index in [2.05, 4.69) is 33.2 Å². The molecule has 1 atom stereocenters. The molecule has 1 fully saturated rings. The number of aryl methyl sites for hydroxylation is 1. The Kier molecular flexibility index (Phi) is 7.03. The number of benzene rings is 2. The Morgan fingerprint density at radius 1 is 1.28 bits per heavy atom. The lowest BCUT2D eigenvalue weighted by Gasteiger charge is -2.17. The summed E-state index contributed by atoms with van der Waals surface area (Å²) in [4.78, 5) is 17.4. The number of carbonyl (C=O) groups is 1. The zero-order chi connectivity index (χ0) is 21.0. The lowest BCUT2D eigenvalue weighted by molar-refractivity contribution is -0.115. The van der Waals surface area contributed by atoms with Gasteiger partial charge in [0.05, 0.1) is 28.3 Å². The van der Waals surface area contributed by atoms with Crippen LogP contribution in [-0.2, 0) is 4.79 Å². The number of ether oxygens (including phenoxy) is 2. The van der Waals surface area contributed by atoms with Crippen molar-refractivity contribution >= 4 is 50.5 Å². The van der Waals surface area contributed by atoms with E-state index in [1.54, 1.807) is 7.11 Å². The van der Waals surface area contributed by atoms with Gasteiger partial charge >= 0.3 is 0 Å². The van der Waals surface area contributed by atoms with Crippen LogP contribution < -0.4 is 14.8 Å². The van der Waals surface area contributed by atoms with E-state index in [9.17, 15) is 4.79 Å². The summed E-state index contributed by atoms with van der Waals surface area (Å²) in [7, 11) is 1.60. The standard InChI is InChI=1S/C22H23BrN2O3S/c1-5-14(3)28-20-17(23)10-15(11-18(20)27-4)12-19-21(26)25-22(29-19)24-16-8-6-13(2)7-9-16/h6-12,14H,5H2,1-4H3,(H,24,25,26). The van der Waals surface area contributed by atoms with Crippen molar-refractivity contribution in [3.05, 3.63) is 56.9 Å². The molecular weight excluding hydrogens is 452 g/mol. The van der Waals surface area contributed by atoms with Crippen LogP contribution in [-0.4, -0.2) is 24.3 Å². The van der Waals surface area contributed by atoms with Crippen molar-refractivity contribution < 1.29 is 14.3 Å². The molecule has 0 saturated carbocycles. The fourth-order valence-electron chi connectivity index (χ4n) is 2.59. The van der Waals surface area contributed by atoms with Gasteiger partial charge in [0.25, 0.3) is 5.91 Å². The van der Waals surface area contributed by atoms with E-state index in [1.165, 1.54) is 11.8 Å². The van der Waals surface area contributed by atoms with Crippen molar-refractivity contribution in [2.24, 2.45) is 4.99 Å². The lowest BCUT2D eigenvalue weighted by Crippen LogP contribution is -2.19. The number of carbonyl (C=O) groups excluding carboxylic acids is 1. The highest BCUT2D eigenvalue weighted by atomic mass is 79.9. The van der Waals surface area contributed by atoms with Crippen LogP contribution in [0.25, 0.3) is 6.08 Å². The number of nitrogens with zero attached hydrogens (tertiary/aromatic N) is 1. The summed E-state index contributed by atoms with van der Waals surface area (Å²) < 4.78 is 12.2. The van der Waals surface area contributed by atoms with E-state index < -0.39 is 0 Å². The second-order valence-electron chi connectivity index (χ2n) is 6.69. The summed E-state index contributed by atoms with van der Waals surface area (Å²) in [5.74, 6) is 1.11. The molecule has 1 heterocycles. The van der Waals surface area contributed by atoms with Gasteiger partial charge in [-0.25, -0.2) is 4.99 Å². The third-order valence-corrected chi connectivity index (χ3v) is 5.86. The van der Waals surface area contributed by atoms with E-state index in [0.29, 0.717) is 21.6 Å². The summed E-state index contributed by atoms with van der Waals surface area (Å²) in [5.41, 5.74) is 2.80. The van der Waals surface area contributed by atoms with Gasteiger partial charge in [0, 0.05) is 0 Å². The molecule has 1 amide bonds. The average Bonchev–Trinajstić information content (AvgIpc) is 3.04. The highest BCUT2D eigenvalue weighted by Crippen LogP contribution is 2.39. The number of nitrogens with one attached hydrogen (secondary N) is 1. The minimum Gasteiger partial charge on any atom is -0.493 e. The molecule has 1 aliphatic heterocycles. The molecule has 0 bridgehead atoms. The Morgan fingerprint density at radius 2 is 2.00 bits per heavy atom. The first kappa shape index (κ1) is 21.5. The number of hydrogen-bond donors (Lipinski definition) is 1. The van der Waals surface area contributed by atoms with Crippen molar-refractivity contribution in [2.75, 3.05) is 7.11 Å². The Morgan fingerprint density at radius 3 is 2.66 bits per heavy atom. The highest BCUT2D eigenvalue weighted by Gasteiger charge is 2.24. The first-order chi connectivity index (χ1) is 13.9.